The van der Waals surface area contributed by atoms with Gasteiger partial charge in [0.05, 0.1) is 0 Å². The SMILES string of the molecule is CCCCCCCCCCCC(=O)Oc1cc(S(=O)(=O)O)c2ccc3c(S(=O)(=O)O)cc(S(=O)(=O)O)c4ccc1c2c43. The van der Waals surface area contributed by atoms with Crippen LogP contribution in [0.2, 0.25) is 0 Å². The molecule has 11 nitrogen and oxygen atoms in total. The Kier molecular flexibility index (Phi) is 9.45. The minimum Gasteiger partial charge on any atom is -0.426 e. The molecule has 228 valence electrons. The van der Waals surface area contributed by atoms with Crippen molar-refractivity contribution in [1.82, 2.24) is 0 Å². The molecule has 4 rings (SSSR count). The van der Waals surface area contributed by atoms with E-state index in [1.165, 1.54) is 43.9 Å². The van der Waals surface area contributed by atoms with Crippen LogP contribution in [0.25, 0.3) is 32.3 Å². The number of hydrogen-bond acceptors (Lipinski definition) is 8. The maximum Gasteiger partial charge on any atom is 0.311 e. The zero-order valence-corrected chi connectivity index (χ0v) is 25.3. The Hall–Kier alpha value is -2.88. The van der Waals surface area contributed by atoms with Crippen LogP contribution >= 0.6 is 0 Å². The fraction of sp³-hybridized carbons (Fsp3) is 0.393. The van der Waals surface area contributed by atoms with Gasteiger partial charge in [-0.05, 0) is 18.6 Å². The molecule has 4 aromatic carbocycles. The van der Waals surface area contributed by atoms with Gasteiger partial charge in [-0.25, -0.2) is 0 Å². The predicted octanol–water partition coefficient (Wildman–Crippen LogP) is 6.15. The summed E-state index contributed by atoms with van der Waals surface area (Å²) in [7, 11) is -15.0. The molecule has 0 aromatic heterocycles. The van der Waals surface area contributed by atoms with Crippen LogP contribution in [-0.2, 0) is 35.1 Å². The number of benzene rings is 4. The average molecular weight is 641 g/mol. The monoisotopic (exact) mass is 640 g/mol. The summed E-state index contributed by atoms with van der Waals surface area (Å²) in [4.78, 5) is 10.4. The van der Waals surface area contributed by atoms with Gasteiger partial charge in [0.15, 0.2) is 0 Å². The number of unbranched alkanes of at least 4 members (excludes halogenated alkanes) is 8. The first-order valence-corrected chi connectivity index (χ1v) is 17.9. The third-order valence-electron chi connectivity index (χ3n) is 7.29. The van der Waals surface area contributed by atoms with Gasteiger partial charge in [0.1, 0.15) is 20.4 Å². The largest absolute Gasteiger partial charge is 0.426 e. The van der Waals surface area contributed by atoms with Crippen LogP contribution in [0.1, 0.15) is 71.1 Å². The second kappa shape index (κ2) is 12.4. The van der Waals surface area contributed by atoms with Crippen LogP contribution in [0.15, 0.2) is 51.1 Å². The molecule has 3 N–H and O–H groups in total. The van der Waals surface area contributed by atoms with Crippen molar-refractivity contribution in [3.8, 4) is 5.75 Å². The topological polar surface area (TPSA) is 189 Å². The number of ether oxygens (including phenoxy) is 1. The molecule has 4 aromatic rings. The Bertz CT molecular complexity index is 1910. The molecular weight excluding hydrogens is 608 g/mol. The van der Waals surface area contributed by atoms with E-state index in [4.69, 9.17) is 4.74 Å². The van der Waals surface area contributed by atoms with Gasteiger partial charge in [-0.1, -0.05) is 76.5 Å². The summed E-state index contributed by atoms with van der Waals surface area (Å²) >= 11 is 0. The highest BCUT2D eigenvalue weighted by Gasteiger charge is 2.28. The van der Waals surface area contributed by atoms with Crippen molar-refractivity contribution >= 4 is 68.6 Å². The third-order valence-corrected chi connectivity index (χ3v) is 9.97. The minimum atomic E-state index is -5.03. The molecule has 0 saturated heterocycles. The maximum absolute atomic E-state index is 12.8. The van der Waals surface area contributed by atoms with E-state index >= 15 is 0 Å². The maximum atomic E-state index is 12.8. The number of rotatable bonds is 14. The molecule has 0 saturated carbocycles. The molecule has 0 radical (unpaired) electrons. The molecule has 42 heavy (non-hydrogen) atoms. The van der Waals surface area contributed by atoms with E-state index in [-0.39, 0.29) is 44.5 Å². The second-order valence-corrected chi connectivity index (χ2v) is 14.5. The Balaban J connectivity index is 1.77. The molecule has 0 amide bonds. The molecule has 0 bridgehead atoms. The van der Waals surface area contributed by atoms with Crippen molar-refractivity contribution in [3.63, 3.8) is 0 Å². The Morgan fingerprint density at radius 3 is 1.43 bits per heavy atom. The summed E-state index contributed by atoms with van der Waals surface area (Å²) in [6.07, 6.45) is 9.31. The van der Waals surface area contributed by atoms with Crippen LogP contribution in [-0.4, -0.2) is 44.9 Å². The summed E-state index contributed by atoms with van der Waals surface area (Å²) < 4.78 is 109. The van der Waals surface area contributed by atoms with Crippen molar-refractivity contribution in [2.45, 2.75) is 85.8 Å². The van der Waals surface area contributed by atoms with Gasteiger partial charge >= 0.3 is 5.97 Å². The van der Waals surface area contributed by atoms with E-state index in [2.05, 4.69) is 6.92 Å². The van der Waals surface area contributed by atoms with Gasteiger partial charge in [-0.15, -0.1) is 0 Å². The highest BCUT2D eigenvalue weighted by atomic mass is 32.2. The Morgan fingerprint density at radius 1 is 0.595 bits per heavy atom. The van der Waals surface area contributed by atoms with Gasteiger partial charge in [0.25, 0.3) is 30.4 Å². The molecule has 0 unspecified atom stereocenters. The number of carbonyl (C=O) groups excluding carboxylic acids is 1. The second-order valence-electron chi connectivity index (χ2n) is 10.3. The number of hydrogen-bond donors (Lipinski definition) is 3. The van der Waals surface area contributed by atoms with Gasteiger partial charge in [-0.3, -0.25) is 18.5 Å². The van der Waals surface area contributed by atoms with E-state index in [1.54, 1.807) is 0 Å². The van der Waals surface area contributed by atoms with E-state index in [0.717, 1.165) is 37.8 Å². The minimum absolute atomic E-state index is 0.0405. The number of carbonyl (C=O) groups is 1. The summed E-state index contributed by atoms with van der Waals surface area (Å²) in [6.45, 7) is 2.16. The quantitative estimate of drug-likeness (QED) is 0.0471. The first kappa shape index (κ1) is 32.0. The Morgan fingerprint density at radius 2 is 0.976 bits per heavy atom. The molecule has 14 heteroatoms. The Labute approximate surface area is 244 Å². The van der Waals surface area contributed by atoms with Crippen molar-refractivity contribution in [2.75, 3.05) is 0 Å². The summed E-state index contributed by atoms with van der Waals surface area (Å²) in [5, 5.41) is -0.575. The van der Waals surface area contributed by atoms with Crippen molar-refractivity contribution < 1.29 is 48.4 Å². The molecule has 0 aliphatic heterocycles. The van der Waals surface area contributed by atoms with Gasteiger partial charge in [-0.2, -0.15) is 25.3 Å². The fourth-order valence-electron chi connectivity index (χ4n) is 5.34. The lowest BCUT2D eigenvalue weighted by molar-refractivity contribution is -0.134. The summed E-state index contributed by atoms with van der Waals surface area (Å²) in [5.41, 5.74) is 0. The van der Waals surface area contributed by atoms with E-state index in [9.17, 15) is 43.7 Å². The molecule has 0 aliphatic rings. The van der Waals surface area contributed by atoms with Crippen LogP contribution in [0.3, 0.4) is 0 Å². The van der Waals surface area contributed by atoms with Crippen molar-refractivity contribution in [1.29, 1.82) is 0 Å². The fourth-order valence-corrected chi connectivity index (χ4v) is 7.55. The molecule has 0 aliphatic carbocycles. The zero-order valence-electron chi connectivity index (χ0n) is 22.9. The smallest absolute Gasteiger partial charge is 0.311 e. The van der Waals surface area contributed by atoms with Crippen LogP contribution < -0.4 is 4.74 Å². The first-order valence-electron chi connectivity index (χ1n) is 13.6. The highest BCUT2D eigenvalue weighted by molar-refractivity contribution is 7.87. The number of esters is 1. The van der Waals surface area contributed by atoms with Crippen LogP contribution in [0.4, 0.5) is 0 Å². The third kappa shape index (κ3) is 6.84. The molecule has 0 spiro atoms. The predicted molar refractivity (Wildman–Crippen MR) is 157 cm³/mol. The van der Waals surface area contributed by atoms with Gasteiger partial charge in [0.2, 0.25) is 0 Å². The molecule has 0 fully saturated rings. The normalized spacial score (nSPS) is 13.0. The highest BCUT2D eigenvalue weighted by Crippen LogP contribution is 2.45. The van der Waals surface area contributed by atoms with E-state index < -0.39 is 51.0 Å². The zero-order chi connectivity index (χ0) is 30.9. The van der Waals surface area contributed by atoms with E-state index in [1.807, 2.05) is 0 Å². The van der Waals surface area contributed by atoms with Crippen LogP contribution in [0.5, 0.6) is 5.75 Å². The molecule has 0 atom stereocenters. The van der Waals surface area contributed by atoms with Gasteiger partial charge in [0, 0.05) is 44.8 Å². The van der Waals surface area contributed by atoms with Crippen molar-refractivity contribution in [2.24, 2.45) is 0 Å². The first-order chi connectivity index (χ1) is 19.6. The van der Waals surface area contributed by atoms with Gasteiger partial charge < -0.3 is 4.74 Å². The molecule has 0 heterocycles. The molecular formula is C28H32O11S3. The lowest BCUT2D eigenvalue weighted by Gasteiger charge is -2.18. The van der Waals surface area contributed by atoms with E-state index in [0.29, 0.717) is 12.5 Å². The lowest BCUT2D eigenvalue weighted by Crippen LogP contribution is -2.10. The summed E-state index contributed by atoms with van der Waals surface area (Å²) in [6, 6.07) is 6.47. The lowest BCUT2D eigenvalue weighted by atomic mass is 9.93. The van der Waals surface area contributed by atoms with Crippen molar-refractivity contribution in [3.05, 3.63) is 36.4 Å². The average Bonchev–Trinajstić information content (AvgIpc) is 2.89. The van der Waals surface area contributed by atoms with Crippen LogP contribution in [0, 0.1) is 0 Å². The summed E-state index contributed by atoms with van der Waals surface area (Å²) in [5.74, 6) is -0.914. The standard InChI is InChI=1S/C28H32O11S3/c1-2-3-4-5-6-7-8-9-10-11-26(29)39-22-16-23(40(30,31)32)19-14-15-21-25(42(36,37)38)17-24(41(33,34)35)20-13-12-18(22)27(19)28(20)21/h12-17H,2-11H2,1H3,(H,30,31,32)(H,33,34,35)(H,36,37,38).